The standard InChI is InChI=1S/C9H19B2O6P/c1-13-6-9(5-11)17-18(12,15-3)16-7-8(4-10)14-2/h8-9H,4-7H2,1-3H3/t8?,9-,18?/m1/s1. The molecule has 0 aromatic carbocycles. The molecule has 0 spiro atoms. The topological polar surface area (TPSA) is 63.2 Å². The predicted molar refractivity (Wildman–Crippen MR) is 69.2 cm³/mol. The third kappa shape index (κ3) is 6.92. The average Bonchev–Trinajstić information content (AvgIpc) is 2.39. The molecule has 0 aromatic rings. The fourth-order valence-electron chi connectivity index (χ4n) is 1.04. The number of rotatable bonds is 11. The van der Waals surface area contributed by atoms with Crippen LogP contribution >= 0.6 is 7.82 Å². The lowest BCUT2D eigenvalue weighted by atomic mass is 10.0. The second-order valence-electron chi connectivity index (χ2n) is 3.44. The minimum atomic E-state index is -3.68. The molecular formula is C9H19B2O6P. The summed E-state index contributed by atoms with van der Waals surface area (Å²) in [5, 5.41) is 0. The van der Waals surface area contributed by atoms with Crippen LogP contribution in [0.25, 0.3) is 0 Å². The number of phosphoric ester groups is 1. The molecule has 9 heteroatoms. The number of phosphoric acid groups is 1. The van der Waals surface area contributed by atoms with E-state index in [-0.39, 0.29) is 32.0 Å². The number of hydrogen-bond donors (Lipinski definition) is 0. The molecule has 2 unspecified atom stereocenters. The molecule has 0 saturated carbocycles. The third-order valence-electron chi connectivity index (χ3n) is 2.13. The largest absolute Gasteiger partial charge is 0.474 e. The molecule has 18 heavy (non-hydrogen) atoms. The van der Waals surface area contributed by atoms with Gasteiger partial charge < -0.3 is 9.47 Å². The van der Waals surface area contributed by atoms with Gasteiger partial charge in [0.05, 0.1) is 41.1 Å². The van der Waals surface area contributed by atoms with E-state index in [2.05, 4.69) is 0 Å². The molecule has 0 heterocycles. The molecule has 0 saturated heterocycles. The first kappa shape index (κ1) is 18.2. The number of hydrogen-bond acceptors (Lipinski definition) is 6. The lowest BCUT2D eigenvalue weighted by Crippen LogP contribution is -2.21. The molecule has 0 amide bonds. The average molecular weight is 276 g/mol. The smallest absolute Gasteiger partial charge is 0.382 e. The van der Waals surface area contributed by atoms with Crippen LogP contribution in [0.2, 0.25) is 12.6 Å². The van der Waals surface area contributed by atoms with Crippen molar-refractivity contribution in [3.63, 3.8) is 0 Å². The Kier molecular flexibility index (Phi) is 10.1. The van der Waals surface area contributed by atoms with E-state index in [1.807, 2.05) is 0 Å². The van der Waals surface area contributed by atoms with Gasteiger partial charge in [0.25, 0.3) is 0 Å². The van der Waals surface area contributed by atoms with Crippen LogP contribution in [0.1, 0.15) is 0 Å². The molecule has 4 radical (unpaired) electrons. The van der Waals surface area contributed by atoms with Crippen LogP contribution in [-0.2, 0) is 27.6 Å². The van der Waals surface area contributed by atoms with Gasteiger partial charge in [-0.25, -0.2) is 4.57 Å². The van der Waals surface area contributed by atoms with E-state index in [0.717, 1.165) is 0 Å². The van der Waals surface area contributed by atoms with Crippen LogP contribution < -0.4 is 0 Å². The van der Waals surface area contributed by atoms with Crippen molar-refractivity contribution >= 4 is 23.5 Å². The summed E-state index contributed by atoms with van der Waals surface area (Å²) in [5.74, 6) is 0. The normalized spacial score (nSPS) is 18.2. The quantitative estimate of drug-likeness (QED) is 0.414. The third-order valence-corrected chi connectivity index (χ3v) is 3.60. The van der Waals surface area contributed by atoms with Crippen molar-refractivity contribution in [2.75, 3.05) is 34.5 Å². The van der Waals surface area contributed by atoms with Crippen LogP contribution in [0.3, 0.4) is 0 Å². The van der Waals surface area contributed by atoms with E-state index in [1.165, 1.54) is 21.3 Å². The molecule has 0 aliphatic rings. The van der Waals surface area contributed by atoms with Crippen molar-refractivity contribution < 1.29 is 27.6 Å². The Morgan fingerprint density at radius 2 is 1.67 bits per heavy atom. The van der Waals surface area contributed by atoms with Gasteiger partial charge in [0.2, 0.25) is 0 Å². The Morgan fingerprint density at radius 1 is 1.06 bits per heavy atom. The van der Waals surface area contributed by atoms with Gasteiger partial charge in [0, 0.05) is 21.3 Å². The van der Waals surface area contributed by atoms with E-state index >= 15 is 0 Å². The van der Waals surface area contributed by atoms with Crippen molar-refractivity contribution in [2.24, 2.45) is 0 Å². The van der Waals surface area contributed by atoms with Crippen molar-refractivity contribution in [1.29, 1.82) is 0 Å². The molecule has 0 aromatic heterocycles. The summed E-state index contributed by atoms with van der Waals surface area (Å²) in [7, 11) is 11.4. The Hall–Kier alpha value is 0.160. The van der Waals surface area contributed by atoms with Gasteiger partial charge in [-0.1, -0.05) is 12.6 Å². The zero-order chi connectivity index (χ0) is 14.0. The van der Waals surface area contributed by atoms with E-state index < -0.39 is 13.9 Å². The summed E-state index contributed by atoms with van der Waals surface area (Å²) in [6.07, 6.45) is -0.580. The van der Waals surface area contributed by atoms with Crippen LogP contribution in [0, 0.1) is 0 Å². The van der Waals surface area contributed by atoms with Crippen LogP contribution in [-0.4, -0.2) is 62.4 Å². The Morgan fingerprint density at radius 3 is 2.06 bits per heavy atom. The predicted octanol–water partition coefficient (Wildman–Crippen LogP) is 0.978. The first-order valence-corrected chi connectivity index (χ1v) is 6.91. The Labute approximate surface area is 111 Å². The van der Waals surface area contributed by atoms with Gasteiger partial charge in [0.1, 0.15) is 0 Å². The minimum Gasteiger partial charge on any atom is -0.382 e. The molecule has 6 nitrogen and oxygen atoms in total. The van der Waals surface area contributed by atoms with E-state index in [9.17, 15) is 4.57 Å². The molecule has 3 atom stereocenters. The zero-order valence-corrected chi connectivity index (χ0v) is 11.9. The second kappa shape index (κ2) is 10.0. The molecular weight excluding hydrogens is 257 g/mol. The molecule has 0 bridgehead atoms. The van der Waals surface area contributed by atoms with Crippen molar-refractivity contribution in [2.45, 2.75) is 24.8 Å². The maximum atomic E-state index is 12.1. The molecule has 102 valence electrons. The highest BCUT2D eigenvalue weighted by Gasteiger charge is 2.29. The van der Waals surface area contributed by atoms with Gasteiger partial charge in [0.15, 0.2) is 0 Å². The molecule has 0 N–H and O–H groups in total. The second-order valence-corrected chi connectivity index (χ2v) is 5.17. The van der Waals surface area contributed by atoms with Crippen LogP contribution in [0.4, 0.5) is 0 Å². The van der Waals surface area contributed by atoms with Crippen molar-refractivity contribution in [1.82, 2.24) is 0 Å². The monoisotopic (exact) mass is 276 g/mol. The summed E-state index contributed by atoms with van der Waals surface area (Å²) in [6, 6.07) is 0. The Balaban J connectivity index is 4.36. The highest BCUT2D eigenvalue weighted by atomic mass is 31.2. The highest BCUT2D eigenvalue weighted by Crippen LogP contribution is 2.50. The van der Waals surface area contributed by atoms with Gasteiger partial charge in [-0.2, -0.15) is 0 Å². The first-order chi connectivity index (χ1) is 8.55. The molecule has 0 rings (SSSR count). The fraction of sp³-hybridized carbons (Fsp3) is 1.00. The Bertz CT molecular complexity index is 251. The van der Waals surface area contributed by atoms with Gasteiger partial charge in [-0.05, 0) is 0 Å². The SMILES string of the molecule is [B]CC(COP(=O)(OC)O[C@H](C[B])COC)OC. The highest BCUT2D eigenvalue weighted by molar-refractivity contribution is 7.48. The maximum absolute atomic E-state index is 12.1. The number of methoxy groups -OCH3 is 2. The van der Waals surface area contributed by atoms with Crippen molar-refractivity contribution in [3.05, 3.63) is 0 Å². The van der Waals surface area contributed by atoms with Crippen LogP contribution in [0.5, 0.6) is 0 Å². The summed E-state index contributed by atoms with van der Waals surface area (Å²) in [4.78, 5) is 0. The van der Waals surface area contributed by atoms with Crippen LogP contribution in [0.15, 0.2) is 0 Å². The summed E-state index contributed by atoms with van der Waals surface area (Å²) in [6.45, 7) is 0.195. The van der Waals surface area contributed by atoms with Gasteiger partial charge in [-0.3, -0.25) is 13.6 Å². The lowest BCUT2D eigenvalue weighted by Gasteiger charge is -2.23. The zero-order valence-electron chi connectivity index (χ0n) is 11.0. The van der Waals surface area contributed by atoms with Crippen molar-refractivity contribution in [3.8, 4) is 0 Å². The molecule has 0 aliphatic heterocycles. The van der Waals surface area contributed by atoms with E-state index in [1.54, 1.807) is 0 Å². The summed E-state index contributed by atoms with van der Waals surface area (Å²) < 4.78 is 37.0. The van der Waals surface area contributed by atoms with E-state index in [4.69, 9.17) is 38.7 Å². The molecule has 0 aliphatic carbocycles. The maximum Gasteiger partial charge on any atom is 0.474 e. The van der Waals surface area contributed by atoms with Gasteiger partial charge in [-0.15, -0.1) is 0 Å². The summed E-state index contributed by atoms with van der Waals surface area (Å²) in [5.41, 5.74) is 0. The minimum absolute atomic E-state index is 0.00237. The number of ether oxygens (including phenoxy) is 2. The molecule has 0 fully saturated rings. The van der Waals surface area contributed by atoms with E-state index in [0.29, 0.717) is 0 Å². The first-order valence-electron chi connectivity index (χ1n) is 5.45. The fourth-order valence-corrected chi connectivity index (χ4v) is 2.16. The van der Waals surface area contributed by atoms with Gasteiger partial charge >= 0.3 is 7.82 Å². The summed E-state index contributed by atoms with van der Waals surface area (Å²) >= 11 is 0. The lowest BCUT2D eigenvalue weighted by molar-refractivity contribution is 0.0222.